The van der Waals surface area contributed by atoms with Crippen molar-refractivity contribution in [1.29, 1.82) is 0 Å². The van der Waals surface area contributed by atoms with Gasteiger partial charge < -0.3 is 9.64 Å². The molecule has 0 spiro atoms. The Labute approximate surface area is 115 Å². The van der Waals surface area contributed by atoms with Crippen LogP contribution in [0.4, 0.5) is 5.69 Å². The maximum Gasteiger partial charge on any atom is 0.159 e. The third-order valence-corrected chi connectivity index (χ3v) is 3.57. The predicted molar refractivity (Wildman–Crippen MR) is 77.9 cm³/mol. The van der Waals surface area contributed by atoms with Crippen molar-refractivity contribution in [2.75, 3.05) is 24.6 Å². The molecule has 104 valence electrons. The molecule has 1 atom stereocenters. The van der Waals surface area contributed by atoms with E-state index in [1.165, 1.54) is 12.1 Å². The molecule has 1 aromatic rings. The molecule has 2 rings (SSSR count). The average molecular weight is 261 g/mol. The molecule has 0 aliphatic carbocycles. The lowest BCUT2D eigenvalue weighted by molar-refractivity contribution is 0.0440. The van der Waals surface area contributed by atoms with Crippen LogP contribution in [0.1, 0.15) is 43.5 Å². The summed E-state index contributed by atoms with van der Waals surface area (Å²) in [6.45, 7) is 6.62. The normalized spacial score (nSPS) is 19.5. The summed E-state index contributed by atoms with van der Waals surface area (Å²) in [6.07, 6.45) is 3.75. The van der Waals surface area contributed by atoms with Crippen LogP contribution in [0.15, 0.2) is 24.3 Å². The fraction of sp³-hybridized carbons (Fsp3) is 0.562. The summed E-state index contributed by atoms with van der Waals surface area (Å²) in [5.74, 6) is 0.120. The van der Waals surface area contributed by atoms with E-state index < -0.39 is 0 Å². The summed E-state index contributed by atoms with van der Waals surface area (Å²) in [7, 11) is 0. The molecule has 0 radical (unpaired) electrons. The summed E-state index contributed by atoms with van der Waals surface area (Å²) < 4.78 is 5.85. The maximum absolute atomic E-state index is 11.3. The topological polar surface area (TPSA) is 29.5 Å². The monoisotopic (exact) mass is 261 g/mol. The highest BCUT2D eigenvalue weighted by molar-refractivity contribution is 5.94. The van der Waals surface area contributed by atoms with E-state index in [1.807, 2.05) is 24.3 Å². The molecule has 1 aliphatic rings. The lowest BCUT2D eigenvalue weighted by Crippen LogP contribution is -2.39. The Bertz CT molecular complexity index is 413. The van der Waals surface area contributed by atoms with E-state index in [9.17, 15) is 4.79 Å². The van der Waals surface area contributed by atoms with Crippen molar-refractivity contribution < 1.29 is 9.53 Å². The van der Waals surface area contributed by atoms with Gasteiger partial charge in [0.1, 0.15) is 0 Å². The van der Waals surface area contributed by atoms with Crippen molar-refractivity contribution in [3.63, 3.8) is 0 Å². The fourth-order valence-corrected chi connectivity index (χ4v) is 2.50. The van der Waals surface area contributed by atoms with Gasteiger partial charge in [-0.2, -0.15) is 0 Å². The fourth-order valence-electron chi connectivity index (χ4n) is 2.50. The first kappa shape index (κ1) is 14.1. The second-order valence-corrected chi connectivity index (χ2v) is 5.18. The largest absolute Gasteiger partial charge is 0.376 e. The number of carbonyl (C=O) groups excluding carboxylic acids is 1. The summed E-state index contributed by atoms with van der Waals surface area (Å²) in [5.41, 5.74) is 1.97. The molecule has 3 nitrogen and oxygen atoms in total. The van der Waals surface area contributed by atoms with Gasteiger partial charge in [-0.15, -0.1) is 0 Å². The standard InChI is InChI=1S/C16H23NO2/c1-3-11-19-16-5-4-10-17(12-16)15-8-6-14(7-9-15)13(2)18/h6-9,16H,3-5,10-12H2,1-2H3. The van der Waals surface area contributed by atoms with Gasteiger partial charge in [-0.25, -0.2) is 0 Å². The van der Waals surface area contributed by atoms with E-state index in [0.717, 1.165) is 38.1 Å². The zero-order valence-electron chi connectivity index (χ0n) is 11.9. The molecule has 1 fully saturated rings. The lowest BCUT2D eigenvalue weighted by atomic mass is 10.1. The van der Waals surface area contributed by atoms with Crippen LogP contribution < -0.4 is 4.90 Å². The number of carbonyl (C=O) groups is 1. The molecular formula is C16H23NO2. The van der Waals surface area contributed by atoms with Gasteiger partial charge >= 0.3 is 0 Å². The van der Waals surface area contributed by atoms with E-state index in [-0.39, 0.29) is 5.78 Å². The Balaban J connectivity index is 1.98. The van der Waals surface area contributed by atoms with E-state index in [1.54, 1.807) is 6.92 Å². The quantitative estimate of drug-likeness (QED) is 0.762. The molecule has 1 saturated heterocycles. The third kappa shape index (κ3) is 3.80. The van der Waals surface area contributed by atoms with E-state index in [0.29, 0.717) is 6.10 Å². The second-order valence-electron chi connectivity index (χ2n) is 5.18. The first-order chi connectivity index (χ1) is 9.20. The smallest absolute Gasteiger partial charge is 0.159 e. The molecular weight excluding hydrogens is 238 g/mol. The predicted octanol–water partition coefficient (Wildman–Crippen LogP) is 3.28. The summed E-state index contributed by atoms with van der Waals surface area (Å²) in [4.78, 5) is 13.6. The molecule has 0 saturated carbocycles. The van der Waals surface area contributed by atoms with Crippen LogP contribution >= 0.6 is 0 Å². The van der Waals surface area contributed by atoms with Gasteiger partial charge in [0, 0.05) is 30.9 Å². The Morgan fingerprint density at radius 2 is 2.11 bits per heavy atom. The van der Waals surface area contributed by atoms with Gasteiger partial charge in [-0.1, -0.05) is 6.92 Å². The van der Waals surface area contributed by atoms with Crippen molar-refractivity contribution in [2.24, 2.45) is 0 Å². The van der Waals surface area contributed by atoms with Crippen LogP contribution in [0.5, 0.6) is 0 Å². The summed E-state index contributed by atoms with van der Waals surface area (Å²) >= 11 is 0. The third-order valence-electron chi connectivity index (χ3n) is 3.57. The Morgan fingerprint density at radius 3 is 2.74 bits per heavy atom. The van der Waals surface area contributed by atoms with Gasteiger partial charge in [0.05, 0.1) is 6.10 Å². The zero-order chi connectivity index (χ0) is 13.7. The Morgan fingerprint density at radius 1 is 1.37 bits per heavy atom. The average Bonchev–Trinajstić information content (AvgIpc) is 2.45. The maximum atomic E-state index is 11.3. The number of Topliss-reactive ketones (excluding diaryl/α,β-unsaturated/α-hetero) is 1. The summed E-state index contributed by atoms with van der Waals surface area (Å²) in [5, 5.41) is 0. The van der Waals surface area contributed by atoms with Crippen LogP contribution in [0.3, 0.4) is 0 Å². The molecule has 0 aromatic heterocycles. The first-order valence-corrected chi connectivity index (χ1v) is 7.18. The number of rotatable bonds is 5. The number of ketones is 1. The van der Waals surface area contributed by atoms with Gasteiger partial charge in [0.25, 0.3) is 0 Å². The van der Waals surface area contributed by atoms with Crippen molar-refractivity contribution in [3.8, 4) is 0 Å². The van der Waals surface area contributed by atoms with E-state index in [2.05, 4.69) is 11.8 Å². The number of hydrogen-bond acceptors (Lipinski definition) is 3. The van der Waals surface area contributed by atoms with Gasteiger partial charge in [0.15, 0.2) is 5.78 Å². The Hall–Kier alpha value is -1.35. The number of piperidine rings is 1. The Kier molecular flexibility index (Phi) is 4.97. The lowest BCUT2D eigenvalue weighted by Gasteiger charge is -2.34. The van der Waals surface area contributed by atoms with Crippen molar-refractivity contribution in [2.45, 2.75) is 39.2 Å². The van der Waals surface area contributed by atoms with Gasteiger partial charge in [0.2, 0.25) is 0 Å². The van der Waals surface area contributed by atoms with Crippen LogP contribution in [0.2, 0.25) is 0 Å². The molecule has 0 amide bonds. The zero-order valence-corrected chi connectivity index (χ0v) is 11.9. The van der Waals surface area contributed by atoms with Gasteiger partial charge in [-0.3, -0.25) is 4.79 Å². The summed E-state index contributed by atoms with van der Waals surface area (Å²) in [6, 6.07) is 7.90. The highest BCUT2D eigenvalue weighted by Crippen LogP contribution is 2.22. The van der Waals surface area contributed by atoms with Crippen molar-refractivity contribution in [1.82, 2.24) is 0 Å². The highest BCUT2D eigenvalue weighted by Gasteiger charge is 2.20. The number of anilines is 1. The minimum atomic E-state index is 0.120. The first-order valence-electron chi connectivity index (χ1n) is 7.18. The number of nitrogens with zero attached hydrogens (tertiary/aromatic N) is 1. The van der Waals surface area contributed by atoms with Crippen LogP contribution in [0.25, 0.3) is 0 Å². The molecule has 19 heavy (non-hydrogen) atoms. The second kappa shape index (κ2) is 6.71. The van der Waals surface area contributed by atoms with E-state index >= 15 is 0 Å². The molecule has 1 heterocycles. The molecule has 1 unspecified atom stereocenters. The molecule has 1 aliphatic heterocycles. The van der Waals surface area contributed by atoms with E-state index in [4.69, 9.17) is 4.74 Å². The van der Waals surface area contributed by atoms with Crippen LogP contribution in [-0.4, -0.2) is 31.6 Å². The van der Waals surface area contributed by atoms with Crippen molar-refractivity contribution >= 4 is 11.5 Å². The minimum absolute atomic E-state index is 0.120. The van der Waals surface area contributed by atoms with Crippen LogP contribution in [-0.2, 0) is 4.74 Å². The highest BCUT2D eigenvalue weighted by atomic mass is 16.5. The number of hydrogen-bond donors (Lipinski definition) is 0. The van der Waals surface area contributed by atoms with Crippen LogP contribution in [0, 0.1) is 0 Å². The van der Waals surface area contributed by atoms with Gasteiger partial charge in [-0.05, 0) is 50.5 Å². The minimum Gasteiger partial charge on any atom is -0.376 e. The molecule has 0 bridgehead atoms. The number of ether oxygens (including phenoxy) is 1. The number of benzene rings is 1. The SMILES string of the molecule is CCCOC1CCCN(c2ccc(C(C)=O)cc2)C1. The molecule has 0 N–H and O–H groups in total. The molecule has 3 heteroatoms. The van der Waals surface area contributed by atoms with Crippen molar-refractivity contribution in [3.05, 3.63) is 29.8 Å². The molecule has 1 aromatic carbocycles.